The van der Waals surface area contributed by atoms with E-state index >= 15 is 0 Å². The summed E-state index contributed by atoms with van der Waals surface area (Å²) >= 11 is 0. The molecule has 1 heterocycles. The van der Waals surface area contributed by atoms with Crippen molar-refractivity contribution >= 4 is 0 Å². The van der Waals surface area contributed by atoms with Gasteiger partial charge in [0.15, 0.2) is 11.5 Å². The maximum Gasteiger partial charge on any atom is 0.389 e. The standard InChI is InChI=1S/C16H23F3N2O2/c1-22-14-4-3-12(11-15(14)23-2)13(5-6-16(17,18)19)21-9-7-20-8-10-21/h3-4,11,13,20H,5-10H2,1-2H3/t13-/m1/s1. The van der Waals surface area contributed by atoms with Crippen LogP contribution in [0.15, 0.2) is 18.2 Å². The summed E-state index contributed by atoms with van der Waals surface area (Å²) in [4.78, 5) is 2.10. The largest absolute Gasteiger partial charge is 0.493 e. The van der Waals surface area contributed by atoms with Crippen molar-refractivity contribution in [3.8, 4) is 11.5 Å². The molecule has 0 bridgehead atoms. The van der Waals surface area contributed by atoms with E-state index in [4.69, 9.17) is 9.47 Å². The van der Waals surface area contributed by atoms with Crippen LogP contribution in [0.1, 0.15) is 24.4 Å². The SMILES string of the molecule is COc1ccc([C@@H](CCC(F)(F)F)N2CCNCC2)cc1OC. The molecule has 1 fully saturated rings. The van der Waals surface area contributed by atoms with Crippen molar-refractivity contribution < 1.29 is 22.6 Å². The summed E-state index contributed by atoms with van der Waals surface area (Å²) in [5, 5.41) is 3.23. The van der Waals surface area contributed by atoms with Gasteiger partial charge in [-0.1, -0.05) is 6.07 Å². The maximum atomic E-state index is 12.7. The topological polar surface area (TPSA) is 33.7 Å². The van der Waals surface area contributed by atoms with Gasteiger partial charge in [-0.2, -0.15) is 13.2 Å². The van der Waals surface area contributed by atoms with E-state index in [0.717, 1.165) is 31.7 Å². The Hall–Kier alpha value is -1.47. The van der Waals surface area contributed by atoms with Crippen LogP contribution in [0, 0.1) is 0 Å². The molecule has 7 heteroatoms. The lowest BCUT2D eigenvalue weighted by Crippen LogP contribution is -2.45. The highest BCUT2D eigenvalue weighted by Gasteiger charge is 2.31. The van der Waals surface area contributed by atoms with E-state index in [0.29, 0.717) is 11.5 Å². The van der Waals surface area contributed by atoms with Crippen LogP contribution in [0.25, 0.3) is 0 Å². The van der Waals surface area contributed by atoms with Crippen LogP contribution >= 0.6 is 0 Å². The molecule has 0 radical (unpaired) electrons. The molecule has 1 aromatic rings. The van der Waals surface area contributed by atoms with Crippen molar-refractivity contribution in [2.24, 2.45) is 0 Å². The molecule has 0 saturated carbocycles. The Morgan fingerprint density at radius 3 is 2.35 bits per heavy atom. The predicted octanol–water partition coefficient (Wildman–Crippen LogP) is 2.99. The van der Waals surface area contributed by atoms with Crippen molar-refractivity contribution in [2.75, 3.05) is 40.4 Å². The van der Waals surface area contributed by atoms with E-state index in [-0.39, 0.29) is 12.5 Å². The average molecular weight is 332 g/mol. The van der Waals surface area contributed by atoms with Gasteiger partial charge in [-0.3, -0.25) is 4.90 Å². The molecule has 0 spiro atoms. The second-order valence-electron chi connectivity index (χ2n) is 5.57. The normalized spacial score (nSPS) is 17.8. The number of alkyl halides is 3. The molecule has 0 aromatic heterocycles. The second kappa shape index (κ2) is 7.88. The lowest BCUT2D eigenvalue weighted by molar-refractivity contribution is -0.138. The number of hydrogen-bond donors (Lipinski definition) is 1. The van der Waals surface area contributed by atoms with Crippen LogP contribution in [-0.2, 0) is 0 Å². The summed E-state index contributed by atoms with van der Waals surface area (Å²) in [7, 11) is 3.06. The molecule has 4 nitrogen and oxygen atoms in total. The first-order valence-corrected chi connectivity index (χ1v) is 7.68. The van der Waals surface area contributed by atoms with Crippen LogP contribution in [0.5, 0.6) is 11.5 Å². The molecule has 1 saturated heterocycles. The number of nitrogens with zero attached hydrogens (tertiary/aromatic N) is 1. The zero-order valence-corrected chi connectivity index (χ0v) is 13.4. The number of piperazine rings is 1. The molecule has 1 N–H and O–H groups in total. The van der Waals surface area contributed by atoms with Crippen LogP contribution in [0.4, 0.5) is 13.2 Å². The lowest BCUT2D eigenvalue weighted by Gasteiger charge is -2.35. The zero-order chi connectivity index (χ0) is 16.9. The third kappa shape index (κ3) is 5.00. The summed E-state index contributed by atoms with van der Waals surface area (Å²) in [5.74, 6) is 1.11. The molecule has 0 amide bonds. The fraction of sp³-hybridized carbons (Fsp3) is 0.625. The van der Waals surface area contributed by atoms with Crippen LogP contribution in [-0.4, -0.2) is 51.5 Å². The van der Waals surface area contributed by atoms with Crippen LogP contribution < -0.4 is 14.8 Å². The molecule has 0 unspecified atom stereocenters. The second-order valence-corrected chi connectivity index (χ2v) is 5.57. The van der Waals surface area contributed by atoms with Crippen molar-refractivity contribution in [3.63, 3.8) is 0 Å². The van der Waals surface area contributed by atoms with Gasteiger partial charge in [0.2, 0.25) is 0 Å². The number of halogens is 3. The highest BCUT2D eigenvalue weighted by Crippen LogP contribution is 2.36. The minimum Gasteiger partial charge on any atom is -0.493 e. The molecule has 23 heavy (non-hydrogen) atoms. The maximum absolute atomic E-state index is 12.7. The molecular weight excluding hydrogens is 309 g/mol. The first-order chi connectivity index (χ1) is 10.9. The van der Waals surface area contributed by atoms with Gasteiger partial charge in [0.25, 0.3) is 0 Å². The van der Waals surface area contributed by atoms with Gasteiger partial charge in [0, 0.05) is 38.6 Å². The van der Waals surface area contributed by atoms with E-state index in [1.165, 1.54) is 14.2 Å². The number of nitrogens with one attached hydrogen (secondary N) is 1. The molecule has 130 valence electrons. The number of hydrogen-bond acceptors (Lipinski definition) is 4. The molecular formula is C16H23F3N2O2. The molecule has 1 atom stereocenters. The number of rotatable bonds is 6. The fourth-order valence-corrected chi connectivity index (χ4v) is 2.91. The van der Waals surface area contributed by atoms with Crippen LogP contribution in [0.3, 0.4) is 0 Å². The Bertz CT molecular complexity index is 503. The zero-order valence-electron chi connectivity index (χ0n) is 13.4. The van der Waals surface area contributed by atoms with Crippen molar-refractivity contribution in [2.45, 2.75) is 25.1 Å². The fourth-order valence-electron chi connectivity index (χ4n) is 2.91. The van der Waals surface area contributed by atoms with Gasteiger partial charge in [0.1, 0.15) is 0 Å². The van der Waals surface area contributed by atoms with Crippen molar-refractivity contribution in [3.05, 3.63) is 23.8 Å². The van der Waals surface area contributed by atoms with Gasteiger partial charge in [0.05, 0.1) is 14.2 Å². The van der Waals surface area contributed by atoms with Crippen LogP contribution in [0.2, 0.25) is 0 Å². The smallest absolute Gasteiger partial charge is 0.389 e. The predicted molar refractivity (Wildman–Crippen MR) is 82.0 cm³/mol. The highest BCUT2D eigenvalue weighted by atomic mass is 19.4. The Morgan fingerprint density at radius 1 is 1.13 bits per heavy atom. The summed E-state index contributed by atoms with van der Waals surface area (Å²) in [6.45, 7) is 3.04. The lowest BCUT2D eigenvalue weighted by atomic mass is 9.98. The summed E-state index contributed by atoms with van der Waals surface area (Å²) in [6.07, 6.45) is -4.90. The van der Waals surface area contributed by atoms with E-state index in [9.17, 15) is 13.2 Å². The Labute approximate surface area is 134 Å². The van der Waals surface area contributed by atoms with Crippen molar-refractivity contribution in [1.82, 2.24) is 10.2 Å². The molecule has 1 aromatic carbocycles. The minimum atomic E-state index is -4.15. The first kappa shape index (κ1) is 17.9. The Morgan fingerprint density at radius 2 is 1.78 bits per heavy atom. The van der Waals surface area contributed by atoms with E-state index in [1.54, 1.807) is 12.1 Å². The van der Waals surface area contributed by atoms with Gasteiger partial charge >= 0.3 is 6.18 Å². The molecule has 2 rings (SSSR count). The van der Waals surface area contributed by atoms with Gasteiger partial charge in [-0.05, 0) is 24.1 Å². The first-order valence-electron chi connectivity index (χ1n) is 7.68. The van der Waals surface area contributed by atoms with Gasteiger partial charge in [-0.25, -0.2) is 0 Å². The molecule has 0 aliphatic carbocycles. The number of benzene rings is 1. The highest BCUT2D eigenvalue weighted by molar-refractivity contribution is 5.43. The van der Waals surface area contributed by atoms with E-state index in [2.05, 4.69) is 10.2 Å². The Balaban J connectivity index is 2.24. The summed E-state index contributed by atoms with van der Waals surface area (Å²) < 4.78 is 48.5. The number of methoxy groups -OCH3 is 2. The summed E-state index contributed by atoms with van der Waals surface area (Å²) in [6, 6.07) is 5.07. The monoisotopic (exact) mass is 332 g/mol. The minimum absolute atomic E-state index is 0.0407. The molecule has 1 aliphatic heterocycles. The van der Waals surface area contributed by atoms with Gasteiger partial charge < -0.3 is 14.8 Å². The molecule has 1 aliphatic rings. The van der Waals surface area contributed by atoms with E-state index < -0.39 is 12.6 Å². The average Bonchev–Trinajstić information content (AvgIpc) is 2.54. The van der Waals surface area contributed by atoms with Gasteiger partial charge in [-0.15, -0.1) is 0 Å². The van der Waals surface area contributed by atoms with Crippen molar-refractivity contribution in [1.29, 1.82) is 0 Å². The quantitative estimate of drug-likeness (QED) is 0.868. The number of ether oxygens (including phenoxy) is 2. The third-order valence-electron chi connectivity index (χ3n) is 4.09. The van der Waals surface area contributed by atoms with E-state index in [1.807, 2.05) is 6.07 Å². The third-order valence-corrected chi connectivity index (χ3v) is 4.09. The Kier molecular flexibility index (Phi) is 6.12. The summed E-state index contributed by atoms with van der Waals surface area (Å²) in [5.41, 5.74) is 0.828.